The molecule has 2 heteroatoms. The van der Waals surface area contributed by atoms with E-state index in [1.807, 2.05) is 0 Å². The lowest BCUT2D eigenvalue weighted by atomic mass is 9.91. The van der Waals surface area contributed by atoms with E-state index in [-0.39, 0.29) is 0 Å². The monoisotopic (exact) mass is 172 g/mol. The van der Waals surface area contributed by atoms with Crippen LogP contribution in [0.5, 0.6) is 0 Å². The van der Waals surface area contributed by atoms with Crippen LogP contribution in [0.2, 0.25) is 0 Å². The third kappa shape index (κ3) is 2.76. The van der Waals surface area contributed by atoms with Crippen molar-refractivity contribution in [3.8, 4) is 0 Å². The second kappa shape index (κ2) is 4.24. The first-order chi connectivity index (χ1) is 5.59. The van der Waals surface area contributed by atoms with Crippen molar-refractivity contribution < 1.29 is 9.47 Å². The summed E-state index contributed by atoms with van der Waals surface area (Å²) in [6.07, 6.45) is 3.69. The average molecular weight is 172 g/mol. The van der Waals surface area contributed by atoms with Gasteiger partial charge in [0.05, 0.1) is 24.4 Å². The van der Waals surface area contributed by atoms with Gasteiger partial charge in [-0.05, 0) is 40.5 Å². The normalized spacial score (nSPS) is 29.5. The Labute approximate surface area is 75.2 Å². The smallest absolute Gasteiger partial charge is 0.0841 e. The van der Waals surface area contributed by atoms with Crippen LogP contribution in [0.15, 0.2) is 0 Å². The van der Waals surface area contributed by atoms with Crippen molar-refractivity contribution in [2.75, 3.05) is 0 Å². The SMILES string of the molecule is CC(C)O[C@@H]1CC[C@H]1OC(C)C. The van der Waals surface area contributed by atoms with Crippen LogP contribution < -0.4 is 0 Å². The second-order valence-electron chi connectivity index (χ2n) is 4.02. The fourth-order valence-electron chi connectivity index (χ4n) is 1.45. The first kappa shape index (κ1) is 10.0. The van der Waals surface area contributed by atoms with Crippen LogP contribution >= 0.6 is 0 Å². The maximum absolute atomic E-state index is 5.67. The molecule has 1 saturated carbocycles. The Bertz CT molecular complexity index is 116. The van der Waals surface area contributed by atoms with Crippen LogP contribution in [0, 0.1) is 0 Å². The molecule has 0 saturated heterocycles. The predicted octanol–water partition coefficient (Wildman–Crippen LogP) is 2.37. The van der Waals surface area contributed by atoms with E-state index in [2.05, 4.69) is 27.7 Å². The number of rotatable bonds is 4. The molecule has 2 nitrogen and oxygen atoms in total. The molecule has 0 aromatic carbocycles. The molecule has 12 heavy (non-hydrogen) atoms. The first-order valence-electron chi connectivity index (χ1n) is 4.90. The fourth-order valence-corrected chi connectivity index (χ4v) is 1.45. The molecule has 0 amide bonds. The van der Waals surface area contributed by atoms with E-state index in [4.69, 9.17) is 9.47 Å². The zero-order valence-electron chi connectivity index (χ0n) is 8.54. The maximum Gasteiger partial charge on any atom is 0.0841 e. The van der Waals surface area contributed by atoms with E-state index in [0.29, 0.717) is 24.4 Å². The highest BCUT2D eigenvalue weighted by Crippen LogP contribution is 2.28. The third-order valence-electron chi connectivity index (χ3n) is 2.04. The highest BCUT2D eigenvalue weighted by atomic mass is 16.6. The molecule has 0 heterocycles. The molecule has 2 atom stereocenters. The van der Waals surface area contributed by atoms with E-state index in [1.165, 1.54) is 0 Å². The molecule has 0 N–H and O–H groups in total. The lowest BCUT2D eigenvalue weighted by Crippen LogP contribution is -2.43. The topological polar surface area (TPSA) is 18.5 Å². The highest BCUT2D eigenvalue weighted by Gasteiger charge is 2.33. The third-order valence-corrected chi connectivity index (χ3v) is 2.04. The maximum atomic E-state index is 5.67. The predicted molar refractivity (Wildman–Crippen MR) is 49.3 cm³/mol. The molecule has 0 bridgehead atoms. The highest BCUT2D eigenvalue weighted by molar-refractivity contribution is 4.83. The van der Waals surface area contributed by atoms with E-state index >= 15 is 0 Å². The molecule has 0 spiro atoms. The molecular formula is C10H20O2. The largest absolute Gasteiger partial charge is 0.373 e. The molecule has 1 fully saturated rings. The molecular weight excluding hydrogens is 152 g/mol. The Morgan fingerprint density at radius 1 is 0.833 bits per heavy atom. The molecule has 0 aliphatic heterocycles. The summed E-state index contributed by atoms with van der Waals surface area (Å²) in [5.74, 6) is 0. The van der Waals surface area contributed by atoms with Crippen molar-refractivity contribution >= 4 is 0 Å². The lowest BCUT2D eigenvalue weighted by Gasteiger charge is -2.38. The minimum Gasteiger partial charge on any atom is -0.373 e. The van der Waals surface area contributed by atoms with E-state index in [1.54, 1.807) is 0 Å². The van der Waals surface area contributed by atoms with E-state index in [9.17, 15) is 0 Å². The van der Waals surface area contributed by atoms with Gasteiger partial charge in [0.2, 0.25) is 0 Å². The minimum atomic E-state index is 0.327. The summed E-state index contributed by atoms with van der Waals surface area (Å²) in [6.45, 7) is 8.30. The molecule has 0 aromatic heterocycles. The summed E-state index contributed by atoms with van der Waals surface area (Å²) >= 11 is 0. The summed E-state index contributed by atoms with van der Waals surface area (Å²) in [4.78, 5) is 0. The van der Waals surface area contributed by atoms with Crippen LogP contribution in [-0.2, 0) is 9.47 Å². The van der Waals surface area contributed by atoms with Crippen molar-refractivity contribution in [3.63, 3.8) is 0 Å². The minimum absolute atomic E-state index is 0.327. The zero-order chi connectivity index (χ0) is 9.14. The molecule has 0 aromatic rings. The van der Waals surface area contributed by atoms with Crippen LogP contribution in [0.4, 0.5) is 0 Å². The second-order valence-corrected chi connectivity index (χ2v) is 4.02. The summed E-state index contributed by atoms with van der Waals surface area (Å²) in [7, 11) is 0. The lowest BCUT2D eigenvalue weighted by molar-refractivity contribution is -0.158. The van der Waals surface area contributed by atoms with Gasteiger partial charge in [0.1, 0.15) is 0 Å². The van der Waals surface area contributed by atoms with Gasteiger partial charge in [0.15, 0.2) is 0 Å². The van der Waals surface area contributed by atoms with E-state index in [0.717, 1.165) is 12.8 Å². The Kier molecular flexibility index (Phi) is 3.53. The van der Waals surface area contributed by atoms with E-state index < -0.39 is 0 Å². The summed E-state index contributed by atoms with van der Waals surface area (Å²) < 4.78 is 11.3. The Morgan fingerprint density at radius 2 is 1.17 bits per heavy atom. The standard InChI is InChI=1S/C10H20O2/c1-7(2)11-9-5-6-10(9)12-8(3)4/h7-10H,5-6H2,1-4H3/t9-,10-/m1/s1. The van der Waals surface area contributed by atoms with Crippen molar-refractivity contribution in [1.29, 1.82) is 0 Å². The van der Waals surface area contributed by atoms with Gasteiger partial charge < -0.3 is 9.47 Å². The summed E-state index contributed by atoms with van der Waals surface area (Å²) in [5.41, 5.74) is 0. The zero-order valence-corrected chi connectivity index (χ0v) is 8.54. The van der Waals surface area contributed by atoms with Gasteiger partial charge in [-0.1, -0.05) is 0 Å². The molecule has 72 valence electrons. The van der Waals surface area contributed by atoms with Crippen molar-refractivity contribution in [3.05, 3.63) is 0 Å². The first-order valence-corrected chi connectivity index (χ1v) is 4.90. The van der Waals surface area contributed by atoms with Gasteiger partial charge in [0.25, 0.3) is 0 Å². The van der Waals surface area contributed by atoms with Gasteiger partial charge in [-0.25, -0.2) is 0 Å². The molecule has 1 rings (SSSR count). The Hall–Kier alpha value is -0.0800. The fraction of sp³-hybridized carbons (Fsp3) is 1.00. The number of hydrogen-bond donors (Lipinski definition) is 0. The van der Waals surface area contributed by atoms with Gasteiger partial charge in [-0.2, -0.15) is 0 Å². The van der Waals surface area contributed by atoms with Crippen LogP contribution in [0.1, 0.15) is 40.5 Å². The molecule has 1 aliphatic rings. The number of hydrogen-bond acceptors (Lipinski definition) is 2. The van der Waals surface area contributed by atoms with Crippen molar-refractivity contribution in [2.24, 2.45) is 0 Å². The van der Waals surface area contributed by atoms with Crippen LogP contribution in [0.25, 0.3) is 0 Å². The van der Waals surface area contributed by atoms with Gasteiger partial charge in [-0.3, -0.25) is 0 Å². The molecule has 1 aliphatic carbocycles. The summed E-state index contributed by atoms with van der Waals surface area (Å²) in [6, 6.07) is 0. The quantitative estimate of drug-likeness (QED) is 0.648. The van der Waals surface area contributed by atoms with Crippen molar-refractivity contribution in [2.45, 2.75) is 65.0 Å². The van der Waals surface area contributed by atoms with Gasteiger partial charge >= 0.3 is 0 Å². The van der Waals surface area contributed by atoms with Crippen LogP contribution in [0.3, 0.4) is 0 Å². The number of ether oxygens (including phenoxy) is 2. The van der Waals surface area contributed by atoms with Gasteiger partial charge in [-0.15, -0.1) is 0 Å². The molecule has 0 unspecified atom stereocenters. The van der Waals surface area contributed by atoms with Crippen LogP contribution in [-0.4, -0.2) is 24.4 Å². The Morgan fingerprint density at radius 3 is 1.33 bits per heavy atom. The van der Waals surface area contributed by atoms with Gasteiger partial charge in [0, 0.05) is 0 Å². The summed E-state index contributed by atoms with van der Waals surface area (Å²) in [5, 5.41) is 0. The average Bonchev–Trinajstić information content (AvgIpc) is 1.93. The molecule has 0 radical (unpaired) electrons. The Balaban J connectivity index is 2.20. The van der Waals surface area contributed by atoms with Crippen molar-refractivity contribution in [1.82, 2.24) is 0 Å².